The Kier molecular flexibility index (Phi) is 44.3. The van der Waals surface area contributed by atoms with Crippen molar-refractivity contribution < 1.29 is 72.1 Å². The number of amides is 5. The summed E-state index contributed by atoms with van der Waals surface area (Å²) < 4.78 is 35.7. The number of β-amino-alcohol motifs (C(OH)–C–C–N with tert-alkyl or cyclic N) is 1. The molecule has 0 spiro atoms. The highest BCUT2D eigenvalue weighted by atomic mass is 79.9. The molecule has 0 unspecified atom stereocenters. The number of carbonyl (C=O) groups excluding carboxylic acids is 6. The Bertz CT molecular complexity index is 4540. The number of rotatable bonds is 19. The van der Waals surface area contributed by atoms with Crippen molar-refractivity contribution in [1.82, 2.24) is 40.4 Å². The number of hydrogen-bond donors (Lipinski definition) is 4. The minimum absolute atomic E-state index is 0.0539. The van der Waals surface area contributed by atoms with Gasteiger partial charge in [0, 0.05) is 179 Å². The lowest BCUT2D eigenvalue weighted by molar-refractivity contribution is -0.385. The van der Waals surface area contributed by atoms with Crippen LogP contribution < -0.4 is 40.1 Å². The van der Waals surface area contributed by atoms with Crippen molar-refractivity contribution in [3.8, 4) is 11.5 Å². The number of nitro benzene ring substituents is 2. The molecule has 0 aromatic heterocycles. The topological polar surface area (TPSA) is 326 Å². The first-order valence-electron chi connectivity index (χ1n) is 45.8. The molecule has 132 heavy (non-hydrogen) atoms. The molecule has 7 aliphatic heterocycles. The van der Waals surface area contributed by atoms with Gasteiger partial charge in [-0.05, 0) is 233 Å². The van der Waals surface area contributed by atoms with Crippen LogP contribution in [-0.2, 0) is 18.9 Å². The van der Waals surface area contributed by atoms with Crippen LogP contribution in [0.3, 0.4) is 0 Å². The fourth-order valence-corrected chi connectivity index (χ4v) is 18.2. The zero-order chi connectivity index (χ0) is 95.6. The highest BCUT2D eigenvalue weighted by Gasteiger charge is 2.33. The van der Waals surface area contributed by atoms with Crippen molar-refractivity contribution >= 4 is 138 Å². The molecule has 7 heterocycles. The lowest BCUT2D eigenvalue weighted by atomic mass is 9.97. The molecule has 7 saturated heterocycles. The lowest BCUT2D eigenvalue weighted by Gasteiger charge is -2.37. The number of nitrogens with zero attached hydrogens (tertiary/aromatic N) is 10. The van der Waals surface area contributed by atoms with Gasteiger partial charge in [0.15, 0.2) is 0 Å². The molecule has 36 heteroatoms. The van der Waals surface area contributed by atoms with Gasteiger partial charge >= 0.3 is 11.5 Å². The van der Waals surface area contributed by atoms with Gasteiger partial charge in [-0.25, -0.2) is 9.59 Å². The largest absolute Gasteiger partial charge is 0.415 e. The van der Waals surface area contributed by atoms with E-state index in [0.29, 0.717) is 92.1 Å². The van der Waals surface area contributed by atoms with Crippen LogP contribution >= 0.6 is 73.9 Å². The second kappa shape index (κ2) is 54.5. The molecule has 4 N–H and O–H groups in total. The smallest absolute Gasteiger partial charge is 0.414 e. The molecule has 6 aromatic carbocycles. The average Bonchev–Trinajstić information content (AvgIpc) is 0.817. The number of aliphatic hydroxyl groups is 1. The van der Waals surface area contributed by atoms with E-state index in [-0.39, 0.29) is 64.3 Å². The number of anilines is 3. The summed E-state index contributed by atoms with van der Waals surface area (Å²) in [5.41, 5.74) is 3.82. The number of carbonyl (C=O) groups is 6. The first kappa shape index (κ1) is 107. The van der Waals surface area contributed by atoms with E-state index in [9.17, 15) is 49.0 Å². The van der Waals surface area contributed by atoms with Gasteiger partial charge in [-0.1, -0.05) is 101 Å². The molecule has 5 amide bonds. The number of hydrogen-bond acceptors (Lipinski definition) is 23. The van der Waals surface area contributed by atoms with E-state index in [1.807, 2.05) is 55.5 Å². The molecule has 9 aliphatic rings. The number of nitrogens with one attached hydrogen (secondary N) is 3. The van der Waals surface area contributed by atoms with E-state index < -0.39 is 21.4 Å². The summed E-state index contributed by atoms with van der Waals surface area (Å²) in [6.45, 7) is 14.4. The van der Waals surface area contributed by atoms with Crippen molar-refractivity contribution in [3.05, 3.63) is 188 Å². The Hall–Kier alpha value is -8.25. The van der Waals surface area contributed by atoms with Gasteiger partial charge in [0.2, 0.25) is 0 Å². The number of benzene rings is 6. The predicted octanol–water partition coefficient (Wildman–Crippen LogP) is 18.3. The van der Waals surface area contributed by atoms with Gasteiger partial charge in [0.1, 0.15) is 11.5 Å². The van der Waals surface area contributed by atoms with Gasteiger partial charge in [-0.3, -0.25) is 39.4 Å². The Morgan fingerprint density at radius 2 is 0.652 bits per heavy atom. The first-order chi connectivity index (χ1) is 63.1. The third kappa shape index (κ3) is 35.5. The van der Waals surface area contributed by atoms with Gasteiger partial charge in [-0.2, -0.15) is 0 Å². The van der Waals surface area contributed by atoms with E-state index in [0.717, 1.165) is 164 Å². The lowest BCUT2D eigenvalue weighted by Crippen LogP contribution is -2.57. The van der Waals surface area contributed by atoms with Crippen LogP contribution in [0.2, 0.25) is 20.1 Å². The average molecular weight is 2000 g/mol. The summed E-state index contributed by atoms with van der Waals surface area (Å²) in [7, 11) is 13.7. The van der Waals surface area contributed by atoms with Crippen LogP contribution in [0.15, 0.2) is 126 Å². The van der Waals surface area contributed by atoms with E-state index in [1.54, 1.807) is 95.3 Å². The van der Waals surface area contributed by atoms with Gasteiger partial charge in [0.05, 0.1) is 107 Å². The second-order valence-electron chi connectivity index (χ2n) is 35.4. The molecule has 6 aromatic rings. The van der Waals surface area contributed by atoms with Gasteiger partial charge < -0.3 is 88.7 Å². The van der Waals surface area contributed by atoms with Crippen molar-refractivity contribution in [2.75, 3.05) is 163 Å². The Morgan fingerprint density at radius 3 is 0.909 bits per heavy atom. The quantitative estimate of drug-likeness (QED) is 0.0332. The number of halogens is 6. The van der Waals surface area contributed by atoms with Crippen LogP contribution in [-0.4, -0.2) is 277 Å². The minimum Gasteiger partial charge on any atom is -0.414 e. The fourth-order valence-electron chi connectivity index (χ4n) is 16.5. The maximum atomic E-state index is 12.5. The van der Waals surface area contributed by atoms with E-state index >= 15 is 0 Å². The third-order valence-corrected chi connectivity index (χ3v) is 26.0. The fraction of sp³-hybridized carbons (Fsp3) is 0.562. The standard InChI is InChI=1S/C26H31ClN4O6.C20H29ClN2O2.C19H28ClN3O2.C11H21NO.C9H9BrClNO.C7H4ClNO4.C4H9NO/c1-28(2)25(32)23-8-5-19(17-24(23)27)29-13-9-21(10-14-29)36-22-11-15-30(16-12-22)26(33)37-20-6-3-18(4-7-20)31(34)35;1-22(2)20(24)18-9-8-15(14-19(18)21)23-12-10-17(11-13-23)25-16-6-4-3-5-7-16;1-22(2)19(24)17-4-3-14(13-18(17)20)23-11-7-16(8-12-23)25-15-5-9-21-10-6-15;1-2-4-10(5-3-1)13-11-6-8-12-9-7-11;1-12(2)9(13)7-4-3-6(10)5-8(7)11;8-7(10)13-6-3-1-5(2-4-6)9(11)12;1-4(6)2-5-3-4/h3-8,17,21-22H,9-16H2,1-2H3;8-9,14,16-17H,3-7,10-13H2,1-2H3;3-4,13,15-16,21H,5-12H2,1-2H3;10-12H,1-9H2;3-5H,1-2H3;1-4H;5-6H,2-3H2,1H3. The summed E-state index contributed by atoms with van der Waals surface area (Å²) in [5.74, 6) is 0.125. The monoisotopic (exact) mass is 1990 g/mol. The normalized spacial score (nSPS) is 18.2. The molecule has 0 bridgehead atoms. The van der Waals surface area contributed by atoms with Crippen LogP contribution in [0.1, 0.15) is 190 Å². The number of likely N-dealkylation sites (tertiary alicyclic amines) is 1. The highest BCUT2D eigenvalue weighted by Crippen LogP contribution is 2.35. The molecular weight excluding hydrogens is 1860 g/mol. The summed E-state index contributed by atoms with van der Waals surface area (Å²) in [5, 5.41) is 41.5. The molecule has 724 valence electrons. The molecule has 0 radical (unpaired) electrons. The number of non-ortho nitro benzene ring substituents is 2. The molecule has 30 nitrogen and oxygen atoms in total. The second-order valence-corrected chi connectivity index (χ2v) is 38.3. The number of ether oxygens (including phenoxy) is 6. The van der Waals surface area contributed by atoms with E-state index in [4.69, 9.17) is 86.8 Å². The molecular formula is C96H131BrCl5N13O17. The third-order valence-electron chi connectivity index (χ3n) is 24.2. The maximum Gasteiger partial charge on any atom is 0.415 e. The van der Waals surface area contributed by atoms with Crippen LogP contribution in [0.4, 0.5) is 38.0 Å². The number of piperidine rings is 6. The molecule has 9 fully saturated rings. The zero-order valence-corrected chi connectivity index (χ0v) is 82.7. The Balaban J connectivity index is 0.000000183. The molecule has 0 atom stereocenters. The maximum absolute atomic E-state index is 12.5. The van der Waals surface area contributed by atoms with Crippen LogP contribution in [0, 0.1) is 20.2 Å². The van der Waals surface area contributed by atoms with Crippen molar-refractivity contribution in [3.63, 3.8) is 0 Å². The van der Waals surface area contributed by atoms with Crippen molar-refractivity contribution in [2.45, 2.75) is 203 Å². The van der Waals surface area contributed by atoms with Crippen molar-refractivity contribution in [1.29, 1.82) is 0 Å². The zero-order valence-electron chi connectivity index (χ0n) is 77.3. The molecule has 15 rings (SSSR count). The summed E-state index contributed by atoms with van der Waals surface area (Å²) in [6, 6.07) is 32.7. The van der Waals surface area contributed by atoms with Crippen LogP contribution in [0.25, 0.3) is 0 Å². The first-order valence-corrected chi connectivity index (χ1v) is 48.5. The summed E-state index contributed by atoms with van der Waals surface area (Å²) >= 11 is 33.2. The summed E-state index contributed by atoms with van der Waals surface area (Å²) in [6.07, 6.45) is 28.0. The highest BCUT2D eigenvalue weighted by molar-refractivity contribution is 9.10. The van der Waals surface area contributed by atoms with E-state index in [1.165, 1.54) is 135 Å². The number of nitro groups is 2. The Labute approximate surface area is 809 Å². The van der Waals surface area contributed by atoms with Gasteiger partial charge in [-0.15, -0.1) is 0 Å². The Morgan fingerprint density at radius 1 is 0.386 bits per heavy atom. The SMILES string of the molecule is C1CCC(OC2CCNCC2)CC1.CC1(O)CNC1.CN(C)C(=O)c1ccc(Br)cc1Cl.CN(C)C(=O)c1ccc(N2CCC(OC3CCCCC3)CC2)cc1Cl.CN(C)C(=O)c1ccc(N2CCC(OC3CCN(C(=O)Oc4ccc([N+](=O)[O-])cc4)CC3)CC2)cc1Cl.CN(C)C(=O)c1ccc(N2CCC(OC3CCNCC3)CC2)cc1Cl.O=C(Cl)Oc1ccc([N+](=O)[O-])cc1. The predicted molar refractivity (Wildman–Crippen MR) is 523 cm³/mol. The minimum atomic E-state index is -0.978. The van der Waals surface area contributed by atoms with Gasteiger partial charge in [0.25, 0.3) is 35.0 Å². The van der Waals surface area contributed by atoms with Crippen molar-refractivity contribution in [2.24, 2.45) is 0 Å². The summed E-state index contributed by atoms with van der Waals surface area (Å²) in [4.78, 5) is 105. The van der Waals surface area contributed by atoms with Crippen LogP contribution in [0.5, 0.6) is 11.5 Å². The molecule has 2 saturated carbocycles. The van der Waals surface area contributed by atoms with E-state index in [2.05, 4.69) is 51.3 Å². The molecule has 2 aliphatic carbocycles.